The van der Waals surface area contributed by atoms with Crippen molar-refractivity contribution < 1.29 is 0 Å². The second kappa shape index (κ2) is 7.42. The van der Waals surface area contributed by atoms with E-state index in [-0.39, 0.29) is 5.41 Å². The molecule has 2 nitrogen and oxygen atoms in total. The molecule has 2 rings (SSSR count). The van der Waals surface area contributed by atoms with E-state index >= 15 is 0 Å². The van der Waals surface area contributed by atoms with Gasteiger partial charge in [-0.2, -0.15) is 0 Å². The van der Waals surface area contributed by atoms with Crippen LogP contribution in [0.1, 0.15) is 46.1 Å². The zero-order valence-electron chi connectivity index (χ0n) is 14.2. The van der Waals surface area contributed by atoms with Crippen molar-refractivity contribution in [2.45, 2.75) is 52.0 Å². The summed E-state index contributed by atoms with van der Waals surface area (Å²) in [5, 5.41) is 3.58. The third kappa shape index (κ3) is 4.82. The fourth-order valence-electron chi connectivity index (χ4n) is 3.19. The Bertz CT molecular complexity index is 411. The number of nitrogens with one attached hydrogen (secondary N) is 1. The number of rotatable bonds is 9. The molecule has 118 valence electrons. The van der Waals surface area contributed by atoms with Gasteiger partial charge < -0.3 is 5.32 Å². The fraction of sp³-hybridized carbons (Fsp3) is 0.684. The topological polar surface area (TPSA) is 15.3 Å². The van der Waals surface area contributed by atoms with E-state index in [0.717, 1.165) is 31.6 Å². The lowest BCUT2D eigenvalue weighted by Gasteiger charge is -2.37. The Morgan fingerprint density at radius 2 is 1.90 bits per heavy atom. The number of nitrogens with zero attached hydrogens (tertiary/aromatic N) is 1. The van der Waals surface area contributed by atoms with Gasteiger partial charge in [-0.15, -0.1) is 0 Å². The number of hydrogen-bond donors (Lipinski definition) is 1. The normalized spacial score (nSPS) is 18.2. The lowest BCUT2D eigenvalue weighted by Crippen LogP contribution is -2.47. The van der Waals surface area contributed by atoms with Gasteiger partial charge in [-0.05, 0) is 30.9 Å². The molecule has 0 saturated heterocycles. The smallest absolute Gasteiger partial charge is 0.0177 e. The maximum atomic E-state index is 3.58. The van der Waals surface area contributed by atoms with Crippen molar-refractivity contribution in [2.75, 3.05) is 26.2 Å². The lowest BCUT2D eigenvalue weighted by atomic mass is 9.81. The van der Waals surface area contributed by atoms with Crippen LogP contribution in [0, 0.1) is 5.92 Å². The van der Waals surface area contributed by atoms with Crippen LogP contribution in [-0.2, 0) is 5.41 Å². The average molecular weight is 288 g/mol. The monoisotopic (exact) mass is 288 g/mol. The molecule has 0 aliphatic heterocycles. The molecular weight excluding hydrogens is 256 g/mol. The Kier molecular flexibility index (Phi) is 5.83. The SMILES string of the molecule is CCNCC(C)(CN(CC(C)C)C1CC1)c1ccccc1. The molecule has 1 saturated carbocycles. The number of benzene rings is 1. The van der Waals surface area contributed by atoms with Crippen LogP contribution in [0.4, 0.5) is 0 Å². The number of likely N-dealkylation sites (N-methyl/N-ethyl adjacent to an activating group) is 1. The molecule has 1 aliphatic rings. The Labute approximate surface area is 130 Å². The maximum absolute atomic E-state index is 3.58. The van der Waals surface area contributed by atoms with Crippen molar-refractivity contribution in [3.05, 3.63) is 35.9 Å². The predicted molar refractivity (Wildman–Crippen MR) is 91.8 cm³/mol. The zero-order chi connectivity index (χ0) is 15.3. The highest BCUT2D eigenvalue weighted by Crippen LogP contribution is 2.32. The van der Waals surface area contributed by atoms with Gasteiger partial charge in [-0.1, -0.05) is 58.0 Å². The molecule has 1 aromatic carbocycles. The Balaban J connectivity index is 2.14. The van der Waals surface area contributed by atoms with E-state index in [2.05, 4.69) is 68.2 Å². The fourth-order valence-corrected chi connectivity index (χ4v) is 3.19. The van der Waals surface area contributed by atoms with Crippen LogP contribution in [0.25, 0.3) is 0 Å². The highest BCUT2D eigenvalue weighted by molar-refractivity contribution is 5.26. The van der Waals surface area contributed by atoms with Crippen LogP contribution in [0.3, 0.4) is 0 Å². The Hall–Kier alpha value is -0.860. The van der Waals surface area contributed by atoms with Crippen molar-refractivity contribution in [1.29, 1.82) is 0 Å². The van der Waals surface area contributed by atoms with Gasteiger partial charge in [-0.25, -0.2) is 0 Å². The minimum absolute atomic E-state index is 0.189. The van der Waals surface area contributed by atoms with E-state index in [1.54, 1.807) is 0 Å². The minimum atomic E-state index is 0.189. The van der Waals surface area contributed by atoms with Crippen LogP contribution >= 0.6 is 0 Å². The first-order chi connectivity index (χ1) is 10.0. The molecule has 2 heteroatoms. The van der Waals surface area contributed by atoms with Crippen LogP contribution < -0.4 is 5.32 Å². The van der Waals surface area contributed by atoms with Crippen molar-refractivity contribution in [3.8, 4) is 0 Å². The molecular formula is C19H32N2. The largest absolute Gasteiger partial charge is 0.316 e. The van der Waals surface area contributed by atoms with Gasteiger partial charge in [-0.3, -0.25) is 4.90 Å². The molecule has 0 amide bonds. The van der Waals surface area contributed by atoms with Crippen LogP contribution in [0.15, 0.2) is 30.3 Å². The summed E-state index contributed by atoms with van der Waals surface area (Å²) in [4.78, 5) is 2.73. The highest BCUT2D eigenvalue weighted by atomic mass is 15.2. The molecule has 1 aromatic rings. The van der Waals surface area contributed by atoms with Gasteiger partial charge in [0.05, 0.1) is 0 Å². The summed E-state index contributed by atoms with van der Waals surface area (Å²) < 4.78 is 0. The summed E-state index contributed by atoms with van der Waals surface area (Å²) in [5.74, 6) is 0.741. The first-order valence-corrected chi connectivity index (χ1v) is 8.55. The third-order valence-corrected chi connectivity index (χ3v) is 4.45. The quantitative estimate of drug-likeness (QED) is 0.746. The van der Waals surface area contributed by atoms with Gasteiger partial charge >= 0.3 is 0 Å². The van der Waals surface area contributed by atoms with Crippen molar-refractivity contribution >= 4 is 0 Å². The molecule has 1 aliphatic carbocycles. The summed E-state index contributed by atoms with van der Waals surface area (Å²) in [6.45, 7) is 13.7. The summed E-state index contributed by atoms with van der Waals surface area (Å²) in [6, 6.07) is 11.9. The van der Waals surface area contributed by atoms with Crippen molar-refractivity contribution in [1.82, 2.24) is 10.2 Å². The molecule has 0 bridgehead atoms. The van der Waals surface area contributed by atoms with E-state index in [0.29, 0.717) is 0 Å². The molecule has 0 radical (unpaired) electrons. The van der Waals surface area contributed by atoms with Crippen LogP contribution in [-0.4, -0.2) is 37.1 Å². The van der Waals surface area contributed by atoms with Crippen LogP contribution in [0.5, 0.6) is 0 Å². The zero-order valence-corrected chi connectivity index (χ0v) is 14.2. The summed E-state index contributed by atoms with van der Waals surface area (Å²) in [6.07, 6.45) is 2.78. The molecule has 0 spiro atoms. The second-order valence-electron chi connectivity index (χ2n) is 7.26. The van der Waals surface area contributed by atoms with Gasteiger partial charge in [0.1, 0.15) is 0 Å². The third-order valence-electron chi connectivity index (χ3n) is 4.45. The Morgan fingerprint density at radius 3 is 2.43 bits per heavy atom. The van der Waals surface area contributed by atoms with Crippen LogP contribution in [0.2, 0.25) is 0 Å². The lowest BCUT2D eigenvalue weighted by molar-refractivity contribution is 0.183. The number of hydrogen-bond acceptors (Lipinski definition) is 2. The summed E-state index contributed by atoms with van der Waals surface area (Å²) >= 11 is 0. The van der Waals surface area contributed by atoms with Crippen molar-refractivity contribution in [2.24, 2.45) is 5.92 Å². The van der Waals surface area contributed by atoms with Gasteiger partial charge in [0.15, 0.2) is 0 Å². The standard InChI is InChI=1S/C19H32N2/c1-5-20-14-19(4,17-9-7-6-8-10-17)15-21(13-16(2)3)18-11-12-18/h6-10,16,18,20H,5,11-15H2,1-4H3. The Morgan fingerprint density at radius 1 is 1.24 bits per heavy atom. The van der Waals surface area contributed by atoms with E-state index < -0.39 is 0 Å². The van der Waals surface area contributed by atoms with E-state index in [4.69, 9.17) is 0 Å². The van der Waals surface area contributed by atoms with Gasteiger partial charge in [0.2, 0.25) is 0 Å². The molecule has 0 heterocycles. The maximum Gasteiger partial charge on any atom is 0.0177 e. The minimum Gasteiger partial charge on any atom is -0.316 e. The second-order valence-corrected chi connectivity index (χ2v) is 7.26. The van der Waals surface area contributed by atoms with E-state index in [1.165, 1.54) is 24.9 Å². The van der Waals surface area contributed by atoms with Gasteiger partial charge in [0.25, 0.3) is 0 Å². The van der Waals surface area contributed by atoms with E-state index in [1.807, 2.05) is 0 Å². The average Bonchev–Trinajstić information content (AvgIpc) is 3.29. The summed E-state index contributed by atoms with van der Waals surface area (Å²) in [7, 11) is 0. The first-order valence-electron chi connectivity index (χ1n) is 8.55. The van der Waals surface area contributed by atoms with Gasteiger partial charge in [0, 0.05) is 31.1 Å². The molecule has 21 heavy (non-hydrogen) atoms. The molecule has 1 N–H and O–H groups in total. The molecule has 1 fully saturated rings. The van der Waals surface area contributed by atoms with E-state index in [9.17, 15) is 0 Å². The molecule has 1 atom stereocenters. The van der Waals surface area contributed by atoms with Crippen molar-refractivity contribution in [3.63, 3.8) is 0 Å². The molecule has 0 aromatic heterocycles. The first kappa shape index (κ1) is 16.5. The highest BCUT2D eigenvalue weighted by Gasteiger charge is 2.35. The summed E-state index contributed by atoms with van der Waals surface area (Å²) in [5.41, 5.74) is 1.65. The predicted octanol–water partition coefficient (Wildman–Crippen LogP) is 3.67. The molecule has 1 unspecified atom stereocenters.